The third kappa shape index (κ3) is 3.68. The van der Waals surface area contributed by atoms with Crippen molar-refractivity contribution in [1.82, 2.24) is 0 Å². The van der Waals surface area contributed by atoms with Gasteiger partial charge in [0.2, 0.25) is 0 Å². The first-order chi connectivity index (χ1) is 10.1. The molecular weight excluding hydrogens is 411 g/mol. The van der Waals surface area contributed by atoms with E-state index in [4.69, 9.17) is 11.6 Å². The van der Waals surface area contributed by atoms with E-state index in [2.05, 4.69) is 80.4 Å². The van der Waals surface area contributed by atoms with Crippen LogP contribution in [0.4, 0.5) is 0 Å². The summed E-state index contributed by atoms with van der Waals surface area (Å²) in [7, 11) is 0. The molecule has 0 N–H and O–H groups in total. The van der Waals surface area contributed by atoms with Crippen LogP contribution in [0.25, 0.3) is 10.8 Å². The van der Waals surface area contributed by atoms with E-state index < -0.39 is 0 Å². The first-order valence-corrected chi connectivity index (χ1v) is 8.72. The molecule has 0 aliphatic heterocycles. The van der Waals surface area contributed by atoms with Gasteiger partial charge in [-0.2, -0.15) is 0 Å². The summed E-state index contributed by atoms with van der Waals surface area (Å²) >= 11 is 13.6. The summed E-state index contributed by atoms with van der Waals surface area (Å²) in [6, 6.07) is 21.0. The maximum absolute atomic E-state index is 6.60. The Kier molecular flexibility index (Phi) is 4.68. The summed E-state index contributed by atoms with van der Waals surface area (Å²) in [6.07, 6.45) is 0.822. The van der Waals surface area contributed by atoms with Gasteiger partial charge in [-0.05, 0) is 58.7 Å². The second kappa shape index (κ2) is 6.51. The van der Waals surface area contributed by atoms with Gasteiger partial charge in [-0.1, -0.05) is 62.2 Å². The smallest absolute Gasteiger partial charge is 0.0625 e. The predicted molar refractivity (Wildman–Crippen MR) is 98.1 cm³/mol. The van der Waals surface area contributed by atoms with Crippen LogP contribution in [0.15, 0.2) is 69.6 Å². The second-order valence-corrected chi connectivity index (χ2v) is 7.41. The van der Waals surface area contributed by atoms with Crippen molar-refractivity contribution in [2.45, 2.75) is 11.8 Å². The molecular formula is C18H13Br2Cl. The van der Waals surface area contributed by atoms with Crippen molar-refractivity contribution in [2.75, 3.05) is 0 Å². The lowest BCUT2D eigenvalue weighted by Gasteiger charge is -2.11. The molecule has 1 atom stereocenters. The number of fused-ring (bicyclic) bond motifs is 1. The first kappa shape index (κ1) is 15.1. The lowest BCUT2D eigenvalue weighted by Crippen LogP contribution is -1.96. The summed E-state index contributed by atoms with van der Waals surface area (Å²) in [5.41, 5.74) is 2.40. The van der Waals surface area contributed by atoms with Crippen LogP contribution in [-0.2, 0) is 6.42 Å². The maximum Gasteiger partial charge on any atom is 0.0625 e. The third-order valence-electron chi connectivity index (χ3n) is 3.49. The average Bonchev–Trinajstić information content (AvgIpc) is 2.46. The summed E-state index contributed by atoms with van der Waals surface area (Å²) < 4.78 is 2.19. The van der Waals surface area contributed by atoms with Gasteiger partial charge in [0, 0.05) is 8.95 Å². The normalized spacial score (nSPS) is 12.5. The van der Waals surface area contributed by atoms with E-state index in [1.165, 1.54) is 16.3 Å². The number of benzene rings is 3. The number of halogens is 3. The van der Waals surface area contributed by atoms with Crippen LogP contribution in [0.3, 0.4) is 0 Å². The Labute approximate surface area is 146 Å². The summed E-state index contributed by atoms with van der Waals surface area (Å²) in [4.78, 5) is 0. The minimum absolute atomic E-state index is 0.0210. The number of hydrogen-bond donors (Lipinski definition) is 0. The van der Waals surface area contributed by atoms with Gasteiger partial charge in [-0.25, -0.2) is 0 Å². The number of rotatable bonds is 3. The lowest BCUT2D eigenvalue weighted by atomic mass is 10.0. The van der Waals surface area contributed by atoms with Crippen LogP contribution in [-0.4, -0.2) is 0 Å². The molecule has 0 aliphatic rings. The molecule has 0 nitrogen and oxygen atoms in total. The Morgan fingerprint density at radius 2 is 1.52 bits per heavy atom. The van der Waals surface area contributed by atoms with E-state index in [1.54, 1.807) is 0 Å². The molecule has 1 unspecified atom stereocenters. The molecule has 0 heterocycles. The zero-order chi connectivity index (χ0) is 14.8. The molecule has 0 amide bonds. The van der Waals surface area contributed by atoms with Crippen molar-refractivity contribution in [1.29, 1.82) is 0 Å². The zero-order valence-corrected chi connectivity index (χ0v) is 15.1. The third-order valence-corrected chi connectivity index (χ3v) is 4.88. The zero-order valence-electron chi connectivity index (χ0n) is 11.2. The van der Waals surface area contributed by atoms with E-state index in [-0.39, 0.29) is 5.38 Å². The highest BCUT2D eigenvalue weighted by molar-refractivity contribution is 9.10. The van der Waals surface area contributed by atoms with Crippen LogP contribution < -0.4 is 0 Å². The van der Waals surface area contributed by atoms with Gasteiger partial charge in [0.05, 0.1) is 5.38 Å². The summed E-state index contributed by atoms with van der Waals surface area (Å²) in [6.45, 7) is 0. The van der Waals surface area contributed by atoms with Crippen molar-refractivity contribution < 1.29 is 0 Å². The maximum atomic E-state index is 6.60. The highest BCUT2D eigenvalue weighted by Crippen LogP contribution is 2.29. The lowest BCUT2D eigenvalue weighted by molar-refractivity contribution is 0.921. The molecule has 0 spiro atoms. The number of alkyl halides is 1. The van der Waals surface area contributed by atoms with Crippen LogP contribution in [0.1, 0.15) is 16.5 Å². The molecule has 0 saturated carbocycles. The Hall–Kier alpha value is -0.830. The summed E-state index contributed by atoms with van der Waals surface area (Å²) in [5.74, 6) is 0. The van der Waals surface area contributed by atoms with E-state index >= 15 is 0 Å². The molecule has 21 heavy (non-hydrogen) atoms. The van der Waals surface area contributed by atoms with Gasteiger partial charge in [0.15, 0.2) is 0 Å². The van der Waals surface area contributed by atoms with Crippen LogP contribution in [0.5, 0.6) is 0 Å². The Morgan fingerprint density at radius 3 is 2.33 bits per heavy atom. The van der Waals surface area contributed by atoms with Gasteiger partial charge in [0.25, 0.3) is 0 Å². The molecule has 0 aromatic heterocycles. The largest absolute Gasteiger partial charge is 0.117 e. The van der Waals surface area contributed by atoms with Gasteiger partial charge >= 0.3 is 0 Å². The molecule has 3 aromatic carbocycles. The van der Waals surface area contributed by atoms with Crippen LogP contribution in [0.2, 0.25) is 0 Å². The average molecular weight is 425 g/mol. The highest BCUT2D eigenvalue weighted by atomic mass is 79.9. The fourth-order valence-corrected chi connectivity index (χ4v) is 3.56. The van der Waals surface area contributed by atoms with E-state index in [0.29, 0.717) is 0 Å². The van der Waals surface area contributed by atoms with Crippen molar-refractivity contribution in [2.24, 2.45) is 0 Å². The first-order valence-electron chi connectivity index (χ1n) is 6.69. The molecule has 3 aromatic rings. The van der Waals surface area contributed by atoms with Crippen molar-refractivity contribution in [3.63, 3.8) is 0 Å². The van der Waals surface area contributed by atoms with Gasteiger partial charge in [0.1, 0.15) is 0 Å². The number of hydrogen-bond acceptors (Lipinski definition) is 0. The molecule has 0 aliphatic carbocycles. The minimum Gasteiger partial charge on any atom is -0.117 e. The topological polar surface area (TPSA) is 0 Å². The highest BCUT2D eigenvalue weighted by Gasteiger charge is 2.10. The van der Waals surface area contributed by atoms with Crippen molar-refractivity contribution in [3.8, 4) is 0 Å². The second-order valence-electron chi connectivity index (χ2n) is 5.05. The van der Waals surface area contributed by atoms with Crippen molar-refractivity contribution in [3.05, 3.63) is 80.7 Å². The van der Waals surface area contributed by atoms with E-state index in [0.717, 1.165) is 20.9 Å². The fourth-order valence-electron chi connectivity index (χ4n) is 2.42. The molecule has 3 rings (SSSR count). The van der Waals surface area contributed by atoms with E-state index in [9.17, 15) is 0 Å². The van der Waals surface area contributed by atoms with Crippen LogP contribution in [0, 0.1) is 0 Å². The monoisotopic (exact) mass is 422 g/mol. The molecule has 0 bridgehead atoms. The molecule has 106 valence electrons. The fraction of sp³-hybridized carbons (Fsp3) is 0.111. The minimum atomic E-state index is -0.0210. The summed E-state index contributed by atoms with van der Waals surface area (Å²) in [5, 5.41) is 2.42. The molecule has 0 fully saturated rings. The van der Waals surface area contributed by atoms with Crippen molar-refractivity contribution >= 4 is 54.2 Å². The Balaban J connectivity index is 1.87. The SMILES string of the molecule is ClC(Cc1cccc(Br)c1)c1ccc2cc(Br)ccc2c1. The Bertz CT molecular complexity index is 783. The predicted octanol–water partition coefficient (Wildman–Crippen LogP) is 6.89. The van der Waals surface area contributed by atoms with E-state index in [1.807, 2.05) is 12.1 Å². The van der Waals surface area contributed by atoms with Gasteiger partial charge in [-0.3, -0.25) is 0 Å². The van der Waals surface area contributed by atoms with Crippen LogP contribution >= 0.6 is 43.5 Å². The quantitative estimate of drug-likeness (QED) is 0.402. The van der Waals surface area contributed by atoms with Gasteiger partial charge < -0.3 is 0 Å². The Morgan fingerprint density at radius 1 is 0.810 bits per heavy atom. The van der Waals surface area contributed by atoms with Gasteiger partial charge in [-0.15, -0.1) is 11.6 Å². The standard InChI is InChI=1S/C18H13Br2Cl/c19-16-3-1-2-12(8-16)9-18(21)15-5-4-14-11-17(20)7-6-13(14)10-15/h1-8,10-11,18H,9H2. The molecule has 3 heteroatoms. The molecule has 0 radical (unpaired) electrons. The molecule has 0 saturated heterocycles.